The van der Waals surface area contributed by atoms with Gasteiger partial charge in [-0.1, -0.05) is 24.3 Å². The number of hydrogen-bond donors (Lipinski definition) is 1. The SMILES string of the molecule is CCS(=O)(=O)N1CC(C(=O)NC(C)c2cc(C)c(C)cc2C)Oc2ccccc21. The lowest BCUT2D eigenvalue weighted by Crippen LogP contribution is -2.51. The first-order valence-corrected chi connectivity index (χ1v) is 11.4. The van der Waals surface area contributed by atoms with Gasteiger partial charge in [0, 0.05) is 0 Å². The molecule has 1 aliphatic heterocycles. The van der Waals surface area contributed by atoms with E-state index in [1.165, 1.54) is 9.87 Å². The van der Waals surface area contributed by atoms with Crippen LogP contribution in [0, 0.1) is 20.8 Å². The second kappa shape index (κ2) is 8.06. The fraction of sp³-hybridized carbons (Fsp3) is 0.409. The van der Waals surface area contributed by atoms with Crippen LogP contribution in [0.1, 0.15) is 42.1 Å². The number of aryl methyl sites for hydroxylation is 3. The number of sulfonamides is 1. The van der Waals surface area contributed by atoms with Gasteiger partial charge in [0.25, 0.3) is 5.91 Å². The van der Waals surface area contributed by atoms with Gasteiger partial charge in [-0.15, -0.1) is 0 Å². The molecule has 0 spiro atoms. The van der Waals surface area contributed by atoms with Gasteiger partial charge in [0.15, 0.2) is 6.10 Å². The van der Waals surface area contributed by atoms with Crippen molar-refractivity contribution in [1.29, 1.82) is 0 Å². The Morgan fingerprint density at radius 1 is 1.17 bits per heavy atom. The third-order valence-electron chi connectivity index (χ3n) is 5.44. The fourth-order valence-electron chi connectivity index (χ4n) is 3.59. The molecule has 0 saturated heterocycles. The predicted molar refractivity (Wildman–Crippen MR) is 115 cm³/mol. The van der Waals surface area contributed by atoms with E-state index in [1.807, 2.05) is 20.8 Å². The largest absolute Gasteiger partial charge is 0.476 e. The van der Waals surface area contributed by atoms with Gasteiger partial charge in [0.2, 0.25) is 10.0 Å². The Hall–Kier alpha value is -2.54. The molecule has 0 radical (unpaired) electrons. The molecule has 2 aromatic rings. The standard InChI is InChI=1S/C22H28N2O4S/c1-6-29(26,27)24-13-21(28-20-10-8-7-9-19(20)24)22(25)23-17(5)18-12-15(3)14(2)11-16(18)4/h7-12,17,21H,6,13H2,1-5H3,(H,23,25). The second-order valence-corrected chi connectivity index (χ2v) is 9.71. The van der Waals surface area contributed by atoms with E-state index >= 15 is 0 Å². The van der Waals surface area contributed by atoms with Crippen molar-refractivity contribution < 1.29 is 17.9 Å². The average Bonchev–Trinajstić information content (AvgIpc) is 2.69. The third-order valence-corrected chi connectivity index (χ3v) is 7.18. The number of fused-ring (bicyclic) bond motifs is 1. The first-order valence-electron chi connectivity index (χ1n) is 9.78. The van der Waals surface area contributed by atoms with Gasteiger partial charge in [0.05, 0.1) is 24.0 Å². The van der Waals surface area contributed by atoms with Crippen molar-refractivity contribution in [2.24, 2.45) is 0 Å². The number of hydrogen-bond acceptors (Lipinski definition) is 4. The van der Waals surface area contributed by atoms with Crippen LogP contribution >= 0.6 is 0 Å². The number of para-hydroxylation sites is 2. The minimum absolute atomic E-state index is 0.0440. The number of anilines is 1. The van der Waals surface area contributed by atoms with E-state index in [9.17, 15) is 13.2 Å². The van der Waals surface area contributed by atoms with Crippen molar-refractivity contribution in [3.63, 3.8) is 0 Å². The summed E-state index contributed by atoms with van der Waals surface area (Å²) in [5.74, 6) is 0.0142. The van der Waals surface area contributed by atoms with Gasteiger partial charge in [-0.05, 0) is 69.0 Å². The Bertz CT molecular complexity index is 1030. The molecule has 0 aromatic heterocycles. The number of nitrogens with one attached hydrogen (secondary N) is 1. The lowest BCUT2D eigenvalue weighted by Gasteiger charge is -2.35. The molecule has 156 valence electrons. The first kappa shape index (κ1) is 21.2. The Morgan fingerprint density at radius 2 is 1.83 bits per heavy atom. The van der Waals surface area contributed by atoms with Crippen molar-refractivity contribution in [3.8, 4) is 5.75 Å². The molecule has 6 nitrogen and oxygen atoms in total. The van der Waals surface area contributed by atoms with Crippen molar-refractivity contribution >= 4 is 21.6 Å². The molecule has 0 bridgehead atoms. The van der Waals surface area contributed by atoms with Crippen LogP contribution in [0.25, 0.3) is 0 Å². The van der Waals surface area contributed by atoms with E-state index < -0.39 is 16.1 Å². The van der Waals surface area contributed by atoms with Gasteiger partial charge in [-0.2, -0.15) is 0 Å². The molecule has 0 saturated carbocycles. The molecule has 0 aliphatic carbocycles. The molecule has 1 amide bonds. The molecular formula is C22H28N2O4S. The van der Waals surface area contributed by atoms with E-state index in [1.54, 1.807) is 31.2 Å². The number of ether oxygens (including phenoxy) is 1. The number of nitrogens with zero attached hydrogens (tertiary/aromatic N) is 1. The molecule has 7 heteroatoms. The normalized spacial score (nSPS) is 17.3. The number of carbonyl (C=O) groups excluding carboxylic acids is 1. The molecule has 1 N–H and O–H groups in total. The lowest BCUT2D eigenvalue weighted by atomic mass is 9.96. The van der Waals surface area contributed by atoms with Gasteiger partial charge in [0.1, 0.15) is 5.75 Å². The van der Waals surface area contributed by atoms with E-state index in [-0.39, 0.29) is 24.2 Å². The maximum Gasteiger partial charge on any atom is 0.263 e. The van der Waals surface area contributed by atoms with Crippen LogP contribution in [-0.4, -0.2) is 32.7 Å². The van der Waals surface area contributed by atoms with E-state index in [0.717, 1.165) is 16.7 Å². The van der Waals surface area contributed by atoms with Crippen LogP contribution in [-0.2, 0) is 14.8 Å². The Balaban J connectivity index is 1.84. The highest BCUT2D eigenvalue weighted by Gasteiger charge is 2.36. The van der Waals surface area contributed by atoms with Crippen LogP contribution in [0.2, 0.25) is 0 Å². The van der Waals surface area contributed by atoms with Gasteiger partial charge < -0.3 is 10.1 Å². The van der Waals surface area contributed by atoms with Crippen LogP contribution in [0.3, 0.4) is 0 Å². The van der Waals surface area contributed by atoms with E-state index in [4.69, 9.17) is 4.74 Å². The molecule has 0 fully saturated rings. The summed E-state index contributed by atoms with van der Waals surface area (Å²) in [6, 6.07) is 10.9. The molecular weight excluding hydrogens is 388 g/mol. The van der Waals surface area contributed by atoms with Crippen molar-refractivity contribution in [2.45, 2.75) is 46.8 Å². The summed E-state index contributed by atoms with van der Waals surface area (Å²) >= 11 is 0. The number of rotatable bonds is 5. The maximum atomic E-state index is 13.0. The fourth-order valence-corrected chi connectivity index (χ4v) is 4.72. The molecule has 1 heterocycles. The minimum atomic E-state index is -3.53. The zero-order valence-corrected chi connectivity index (χ0v) is 18.3. The van der Waals surface area contributed by atoms with Crippen molar-refractivity contribution in [1.82, 2.24) is 5.32 Å². The number of carbonyl (C=O) groups is 1. The Kier molecular flexibility index (Phi) is 5.89. The molecule has 2 aromatic carbocycles. The Morgan fingerprint density at radius 3 is 2.52 bits per heavy atom. The zero-order valence-electron chi connectivity index (χ0n) is 17.5. The number of benzene rings is 2. The molecule has 1 aliphatic rings. The number of amides is 1. The topological polar surface area (TPSA) is 75.7 Å². The molecule has 29 heavy (non-hydrogen) atoms. The highest BCUT2D eigenvalue weighted by atomic mass is 32.2. The average molecular weight is 417 g/mol. The summed E-state index contributed by atoms with van der Waals surface area (Å²) in [4.78, 5) is 13.0. The van der Waals surface area contributed by atoms with Crippen molar-refractivity contribution in [3.05, 3.63) is 58.7 Å². The van der Waals surface area contributed by atoms with Gasteiger partial charge in [-0.25, -0.2) is 8.42 Å². The quantitative estimate of drug-likeness (QED) is 0.811. The van der Waals surface area contributed by atoms with Crippen LogP contribution in [0.5, 0.6) is 5.75 Å². The molecule has 3 rings (SSSR count). The van der Waals surface area contributed by atoms with E-state index in [0.29, 0.717) is 11.4 Å². The minimum Gasteiger partial charge on any atom is -0.476 e. The second-order valence-electron chi connectivity index (χ2n) is 7.53. The van der Waals surface area contributed by atoms with Gasteiger partial charge in [-0.3, -0.25) is 9.10 Å². The van der Waals surface area contributed by atoms with E-state index in [2.05, 4.69) is 24.4 Å². The summed E-state index contributed by atoms with van der Waals surface area (Å²) in [6.45, 7) is 9.59. The summed E-state index contributed by atoms with van der Waals surface area (Å²) < 4.78 is 32.3. The summed E-state index contributed by atoms with van der Waals surface area (Å²) in [6.07, 6.45) is -0.916. The third kappa shape index (κ3) is 4.24. The Labute approximate surface area is 172 Å². The van der Waals surface area contributed by atoms with Crippen molar-refractivity contribution in [2.75, 3.05) is 16.6 Å². The highest BCUT2D eigenvalue weighted by Crippen LogP contribution is 2.35. The smallest absolute Gasteiger partial charge is 0.263 e. The lowest BCUT2D eigenvalue weighted by molar-refractivity contribution is -0.128. The monoisotopic (exact) mass is 416 g/mol. The van der Waals surface area contributed by atoms with Crippen LogP contribution < -0.4 is 14.4 Å². The summed E-state index contributed by atoms with van der Waals surface area (Å²) in [5, 5.41) is 2.99. The molecule has 2 atom stereocenters. The summed E-state index contributed by atoms with van der Waals surface area (Å²) in [5.41, 5.74) is 4.98. The predicted octanol–water partition coefficient (Wildman–Crippen LogP) is 3.41. The zero-order chi connectivity index (χ0) is 21.3. The highest BCUT2D eigenvalue weighted by molar-refractivity contribution is 7.92. The molecule has 2 unspecified atom stereocenters. The van der Waals surface area contributed by atoms with Crippen LogP contribution in [0.15, 0.2) is 36.4 Å². The van der Waals surface area contributed by atoms with Crippen LogP contribution in [0.4, 0.5) is 5.69 Å². The maximum absolute atomic E-state index is 13.0. The first-order chi connectivity index (χ1) is 13.6. The summed E-state index contributed by atoms with van der Waals surface area (Å²) in [7, 11) is -3.53. The van der Waals surface area contributed by atoms with Gasteiger partial charge >= 0.3 is 0 Å².